The third-order valence-corrected chi connectivity index (χ3v) is 5.12. The predicted octanol–water partition coefficient (Wildman–Crippen LogP) is 4.06. The van der Waals surface area contributed by atoms with Gasteiger partial charge in [-0.15, -0.1) is 0 Å². The number of hydrogen-bond acceptors (Lipinski definition) is 6. The first-order valence-corrected chi connectivity index (χ1v) is 9.90. The minimum absolute atomic E-state index is 0.284. The van der Waals surface area contributed by atoms with Crippen LogP contribution in [0.5, 0.6) is 5.75 Å². The maximum atomic E-state index is 12.6. The van der Waals surface area contributed by atoms with Crippen LogP contribution in [-0.2, 0) is 16.0 Å². The summed E-state index contributed by atoms with van der Waals surface area (Å²) in [4.78, 5) is 17.0. The van der Waals surface area contributed by atoms with Gasteiger partial charge in [-0.05, 0) is 69.0 Å². The first-order valence-electron chi connectivity index (χ1n) is 9.52. The van der Waals surface area contributed by atoms with E-state index < -0.39 is 17.6 Å². The van der Waals surface area contributed by atoms with Gasteiger partial charge in [0, 0.05) is 5.02 Å². The second-order valence-electron chi connectivity index (χ2n) is 7.81. The summed E-state index contributed by atoms with van der Waals surface area (Å²) in [7, 11) is 0. The van der Waals surface area contributed by atoms with E-state index in [1.165, 1.54) is 0 Å². The van der Waals surface area contributed by atoms with Crippen LogP contribution in [0.3, 0.4) is 0 Å². The summed E-state index contributed by atoms with van der Waals surface area (Å²) in [5, 5.41) is 0.696. The molecule has 0 fully saturated rings. The van der Waals surface area contributed by atoms with E-state index in [-0.39, 0.29) is 6.10 Å². The number of ether oxygens (including phenoxy) is 2. The van der Waals surface area contributed by atoms with E-state index >= 15 is 0 Å². The SMILES string of the molecule is CC1Oc2ccc(C(N)C(=O)OC(C)(C)CCc3ccc(Cl)cc3)cc2N=C1N. The number of esters is 1. The van der Waals surface area contributed by atoms with Crippen molar-refractivity contribution in [2.24, 2.45) is 16.5 Å². The number of fused-ring (bicyclic) bond motifs is 1. The van der Waals surface area contributed by atoms with E-state index in [0.29, 0.717) is 34.3 Å². The van der Waals surface area contributed by atoms with Crippen LogP contribution in [0.4, 0.5) is 5.69 Å². The van der Waals surface area contributed by atoms with Crippen LogP contribution < -0.4 is 16.2 Å². The summed E-state index contributed by atoms with van der Waals surface area (Å²) in [5.74, 6) is 0.501. The zero-order valence-corrected chi connectivity index (χ0v) is 17.6. The van der Waals surface area contributed by atoms with E-state index in [4.69, 9.17) is 32.5 Å². The van der Waals surface area contributed by atoms with Crippen molar-refractivity contribution in [3.63, 3.8) is 0 Å². The van der Waals surface area contributed by atoms with Crippen molar-refractivity contribution < 1.29 is 14.3 Å². The second kappa shape index (κ2) is 8.43. The molecular formula is C22H26ClN3O3. The molecule has 6 nitrogen and oxygen atoms in total. The van der Waals surface area contributed by atoms with Gasteiger partial charge in [-0.25, -0.2) is 9.79 Å². The largest absolute Gasteiger partial charge is 0.481 e. The standard InChI is InChI=1S/C22H26ClN3O3/c1-13-20(25)26-17-12-15(6-9-18(17)28-13)19(24)21(27)29-22(2,3)11-10-14-4-7-16(23)8-5-14/h4-9,12-13,19H,10-11,24H2,1-3H3,(H2,25,26). The Balaban J connectivity index is 1.64. The number of aryl methyl sites for hydroxylation is 1. The normalized spacial score (nSPS) is 17.0. The van der Waals surface area contributed by atoms with Gasteiger partial charge in [0.25, 0.3) is 0 Å². The van der Waals surface area contributed by atoms with Crippen molar-refractivity contribution in [3.05, 3.63) is 58.6 Å². The minimum Gasteiger partial charge on any atom is -0.481 e. The number of amidine groups is 1. The Hall–Kier alpha value is -2.57. The molecular weight excluding hydrogens is 390 g/mol. The number of benzene rings is 2. The number of nitrogens with two attached hydrogens (primary N) is 2. The number of aliphatic imine (C=N–C) groups is 1. The van der Waals surface area contributed by atoms with Gasteiger partial charge in [0.05, 0.1) is 0 Å². The number of carbonyl (C=O) groups excluding carboxylic acids is 1. The summed E-state index contributed by atoms with van der Waals surface area (Å²) >= 11 is 5.92. The molecule has 2 unspecified atom stereocenters. The van der Waals surface area contributed by atoms with Gasteiger partial charge in [-0.1, -0.05) is 29.8 Å². The van der Waals surface area contributed by atoms with Gasteiger partial charge in [0.15, 0.2) is 6.10 Å². The molecule has 4 N–H and O–H groups in total. The summed E-state index contributed by atoms with van der Waals surface area (Å²) in [6.45, 7) is 5.58. The van der Waals surface area contributed by atoms with Gasteiger partial charge in [0.1, 0.15) is 28.9 Å². The highest BCUT2D eigenvalue weighted by Gasteiger charge is 2.28. The molecule has 2 atom stereocenters. The third kappa shape index (κ3) is 5.28. The fourth-order valence-electron chi connectivity index (χ4n) is 3.02. The molecule has 154 valence electrons. The smallest absolute Gasteiger partial charge is 0.328 e. The Morgan fingerprint density at radius 1 is 1.28 bits per heavy atom. The van der Waals surface area contributed by atoms with Gasteiger partial charge in [0.2, 0.25) is 0 Å². The van der Waals surface area contributed by atoms with E-state index in [1.807, 2.05) is 45.0 Å². The molecule has 2 aromatic carbocycles. The highest BCUT2D eigenvalue weighted by Crippen LogP contribution is 2.34. The van der Waals surface area contributed by atoms with Crippen LogP contribution in [0.1, 0.15) is 44.4 Å². The highest BCUT2D eigenvalue weighted by atomic mass is 35.5. The van der Waals surface area contributed by atoms with Crippen LogP contribution in [0.2, 0.25) is 5.02 Å². The Morgan fingerprint density at radius 3 is 2.66 bits per heavy atom. The van der Waals surface area contributed by atoms with Crippen LogP contribution in [0.25, 0.3) is 0 Å². The highest BCUT2D eigenvalue weighted by molar-refractivity contribution is 6.30. The van der Waals surface area contributed by atoms with E-state index in [1.54, 1.807) is 18.2 Å². The maximum absolute atomic E-state index is 12.6. The topological polar surface area (TPSA) is 99.9 Å². The second-order valence-corrected chi connectivity index (χ2v) is 8.25. The molecule has 0 saturated carbocycles. The van der Waals surface area contributed by atoms with Crippen molar-refractivity contribution in [1.82, 2.24) is 0 Å². The molecule has 0 amide bonds. The monoisotopic (exact) mass is 415 g/mol. The van der Waals surface area contributed by atoms with Crippen LogP contribution in [0.15, 0.2) is 47.5 Å². The van der Waals surface area contributed by atoms with Gasteiger partial charge < -0.3 is 20.9 Å². The summed E-state index contributed by atoms with van der Waals surface area (Å²) in [6.07, 6.45) is 1.13. The molecule has 3 rings (SSSR count). The Kier molecular flexibility index (Phi) is 6.15. The number of hydrogen-bond donors (Lipinski definition) is 2. The van der Waals surface area contributed by atoms with E-state index in [0.717, 1.165) is 12.0 Å². The molecule has 29 heavy (non-hydrogen) atoms. The lowest BCUT2D eigenvalue weighted by atomic mass is 9.98. The Bertz CT molecular complexity index is 925. The minimum atomic E-state index is -0.925. The van der Waals surface area contributed by atoms with Crippen LogP contribution in [-0.4, -0.2) is 23.5 Å². The zero-order valence-electron chi connectivity index (χ0n) is 16.8. The predicted molar refractivity (Wildman–Crippen MR) is 115 cm³/mol. The van der Waals surface area contributed by atoms with Crippen molar-refractivity contribution in [3.8, 4) is 5.75 Å². The number of carbonyl (C=O) groups is 1. The molecule has 0 aromatic heterocycles. The van der Waals surface area contributed by atoms with Crippen molar-refractivity contribution in [2.45, 2.75) is 51.4 Å². The maximum Gasteiger partial charge on any atom is 0.328 e. The van der Waals surface area contributed by atoms with Crippen molar-refractivity contribution >= 4 is 29.1 Å². The molecule has 0 radical (unpaired) electrons. The first kappa shape index (κ1) is 21.1. The lowest BCUT2D eigenvalue weighted by Crippen LogP contribution is -2.34. The van der Waals surface area contributed by atoms with Crippen molar-refractivity contribution in [1.29, 1.82) is 0 Å². The average Bonchev–Trinajstić information content (AvgIpc) is 2.67. The fraction of sp³-hybridized carbons (Fsp3) is 0.364. The molecule has 0 aliphatic carbocycles. The first-order chi connectivity index (χ1) is 13.6. The van der Waals surface area contributed by atoms with Crippen LogP contribution in [0, 0.1) is 0 Å². The fourth-order valence-corrected chi connectivity index (χ4v) is 3.14. The lowest BCUT2D eigenvalue weighted by molar-refractivity contribution is -0.158. The lowest BCUT2D eigenvalue weighted by Gasteiger charge is -2.27. The molecule has 1 heterocycles. The van der Waals surface area contributed by atoms with Crippen LogP contribution >= 0.6 is 11.6 Å². The molecule has 1 aliphatic heterocycles. The molecule has 7 heteroatoms. The van der Waals surface area contributed by atoms with E-state index in [2.05, 4.69) is 4.99 Å². The summed E-state index contributed by atoms with van der Waals surface area (Å²) in [5.41, 5.74) is 13.6. The quantitative estimate of drug-likeness (QED) is 0.693. The molecule has 2 aromatic rings. The third-order valence-electron chi connectivity index (χ3n) is 4.87. The Morgan fingerprint density at radius 2 is 1.97 bits per heavy atom. The Labute approximate surface area is 175 Å². The zero-order chi connectivity index (χ0) is 21.2. The summed E-state index contributed by atoms with van der Waals surface area (Å²) in [6, 6.07) is 11.9. The van der Waals surface area contributed by atoms with Crippen molar-refractivity contribution in [2.75, 3.05) is 0 Å². The van der Waals surface area contributed by atoms with Gasteiger partial charge >= 0.3 is 5.97 Å². The number of nitrogens with zero attached hydrogens (tertiary/aromatic N) is 1. The molecule has 0 spiro atoms. The van der Waals surface area contributed by atoms with E-state index in [9.17, 15) is 4.79 Å². The molecule has 0 saturated heterocycles. The number of halogens is 1. The average molecular weight is 416 g/mol. The summed E-state index contributed by atoms with van der Waals surface area (Å²) < 4.78 is 11.4. The number of rotatable bonds is 6. The molecule has 0 bridgehead atoms. The molecule has 1 aliphatic rings. The van der Waals surface area contributed by atoms with Gasteiger partial charge in [-0.2, -0.15) is 0 Å². The van der Waals surface area contributed by atoms with Gasteiger partial charge in [-0.3, -0.25) is 0 Å².